The van der Waals surface area contributed by atoms with Crippen LogP contribution in [0.1, 0.15) is 45.2 Å². The fourth-order valence-electron chi connectivity index (χ4n) is 11.4. The molecule has 0 radical (unpaired) electrons. The third-order valence-corrected chi connectivity index (χ3v) is 13.8. The largest absolute Gasteiger partial charge is 0.0622 e. The second-order valence-corrected chi connectivity index (χ2v) is 16.9. The minimum Gasteiger partial charge on any atom is -0.0622 e. The summed E-state index contributed by atoms with van der Waals surface area (Å²) in [5.41, 5.74) is 14.0. The van der Waals surface area contributed by atoms with Crippen LogP contribution in [0.25, 0.3) is 86.9 Å². The average Bonchev–Trinajstić information content (AvgIpc) is 3.89. The van der Waals surface area contributed by atoms with Crippen molar-refractivity contribution in [1.82, 2.24) is 0 Å². The Morgan fingerprint density at radius 2 is 0.565 bits per heavy atom. The predicted octanol–water partition coefficient (Wildman–Crippen LogP) is 16.6. The molecule has 0 heterocycles. The van der Waals surface area contributed by atoms with Gasteiger partial charge in [-0.25, -0.2) is 0 Å². The zero-order valence-corrected chi connectivity index (χ0v) is 34.1. The first-order valence-corrected chi connectivity index (χ1v) is 21.8. The van der Waals surface area contributed by atoms with Gasteiger partial charge in [0.25, 0.3) is 0 Å². The van der Waals surface area contributed by atoms with Crippen LogP contribution in [-0.2, 0) is 0 Å². The Morgan fingerprint density at radius 3 is 1.00 bits per heavy atom. The molecule has 12 aromatic carbocycles. The van der Waals surface area contributed by atoms with Crippen LogP contribution in [0, 0.1) is 0 Å². The van der Waals surface area contributed by atoms with Gasteiger partial charge in [0.15, 0.2) is 0 Å². The van der Waals surface area contributed by atoms with Gasteiger partial charge in [0.2, 0.25) is 0 Å². The van der Waals surface area contributed by atoms with Gasteiger partial charge in [-0.15, -0.1) is 0 Å². The van der Waals surface area contributed by atoms with Gasteiger partial charge in [0, 0.05) is 11.8 Å². The second-order valence-electron chi connectivity index (χ2n) is 16.9. The van der Waals surface area contributed by atoms with Crippen molar-refractivity contribution in [2.24, 2.45) is 0 Å². The van der Waals surface area contributed by atoms with Crippen LogP contribution in [0.2, 0.25) is 0 Å². The number of benzene rings is 12. The predicted molar refractivity (Wildman–Crippen MR) is 264 cm³/mol. The van der Waals surface area contributed by atoms with Crippen LogP contribution in [0.3, 0.4) is 0 Å². The van der Waals surface area contributed by atoms with Crippen LogP contribution in [0.5, 0.6) is 0 Å². The van der Waals surface area contributed by atoms with Gasteiger partial charge in [0.05, 0.1) is 0 Å². The first kappa shape index (κ1) is 35.0. The summed E-state index contributed by atoms with van der Waals surface area (Å²) in [4.78, 5) is 0. The highest BCUT2D eigenvalue weighted by Gasteiger charge is 2.35. The van der Waals surface area contributed by atoms with Gasteiger partial charge in [0.1, 0.15) is 0 Å². The molecule has 0 N–H and O–H groups in total. The molecular weight excluding hydrogens is 745 g/mol. The summed E-state index contributed by atoms with van der Waals surface area (Å²) in [6, 6.07) is 84.7. The number of rotatable bonds is 2. The number of hydrogen-bond donors (Lipinski definition) is 0. The zero-order chi connectivity index (χ0) is 40.7. The van der Waals surface area contributed by atoms with Gasteiger partial charge >= 0.3 is 0 Å². The molecule has 0 saturated heterocycles. The maximum atomic E-state index is 2.32. The van der Waals surface area contributed by atoms with Crippen molar-refractivity contribution < 1.29 is 0 Å². The van der Waals surface area contributed by atoms with Crippen molar-refractivity contribution in [3.05, 3.63) is 264 Å². The van der Waals surface area contributed by atoms with Crippen molar-refractivity contribution >= 4 is 64.6 Å². The van der Waals surface area contributed by atoms with Crippen LogP contribution in [0.4, 0.5) is 0 Å². The van der Waals surface area contributed by atoms with E-state index in [1.165, 1.54) is 120 Å². The highest BCUT2D eigenvalue weighted by atomic mass is 14.4. The Morgan fingerprint density at radius 1 is 0.226 bits per heavy atom. The fourth-order valence-corrected chi connectivity index (χ4v) is 11.4. The van der Waals surface area contributed by atoms with Gasteiger partial charge in [-0.2, -0.15) is 0 Å². The van der Waals surface area contributed by atoms with E-state index in [0.29, 0.717) is 0 Å². The molecule has 2 atom stereocenters. The van der Waals surface area contributed by atoms with E-state index in [0.717, 1.165) is 0 Å². The van der Waals surface area contributed by atoms with Crippen LogP contribution >= 0.6 is 0 Å². The summed E-state index contributed by atoms with van der Waals surface area (Å²) in [6.45, 7) is 0. The van der Waals surface area contributed by atoms with Crippen LogP contribution < -0.4 is 0 Å². The molecule has 0 bridgehead atoms. The summed E-state index contributed by atoms with van der Waals surface area (Å²) in [6.07, 6.45) is 0. The highest BCUT2D eigenvalue weighted by Crippen LogP contribution is 2.56. The molecule has 0 aromatic heterocycles. The molecule has 14 rings (SSSR count). The van der Waals surface area contributed by atoms with Crippen molar-refractivity contribution in [2.45, 2.75) is 11.8 Å². The molecule has 0 aliphatic heterocycles. The van der Waals surface area contributed by atoms with Gasteiger partial charge < -0.3 is 0 Å². The normalized spacial score (nSPS) is 14.8. The Kier molecular flexibility index (Phi) is 7.84. The molecular formula is C62H40. The topological polar surface area (TPSA) is 0 Å². The molecule has 0 unspecified atom stereocenters. The van der Waals surface area contributed by atoms with E-state index in [4.69, 9.17) is 0 Å². The molecule has 0 fully saturated rings. The Hall–Kier alpha value is -7.80. The molecule has 0 amide bonds. The van der Waals surface area contributed by atoms with Gasteiger partial charge in [-0.3, -0.25) is 0 Å². The summed E-state index contributed by atoms with van der Waals surface area (Å²) < 4.78 is 0. The summed E-state index contributed by atoms with van der Waals surface area (Å²) in [7, 11) is 0. The lowest BCUT2D eigenvalue weighted by Gasteiger charge is -2.19. The van der Waals surface area contributed by atoms with E-state index in [1.54, 1.807) is 0 Å². The summed E-state index contributed by atoms with van der Waals surface area (Å²) in [5.74, 6) is 0.501. The Labute approximate surface area is 361 Å². The fraction of sp³-hybridized carbons (Fsp3) is 0.0323. The van der Waals surface area contributed by atoms with Crippen LogP contribution in [0.15, 0.2) is 231 Å². The first-order valence-electron chi connectivity index (χ1n) is 21.8. The SMILES string of the molecule is c1ccc([C@@H]2c3ccccc3-c3c2c2ccccc2c2ccc4ccccc4c32)cc1.c1ccc([C@@H]2c3ccccc3-c3c2c2ccccc2c2ccc4ccccc4c32)cc1. The quantitative estimate of drug-likeness (QED) is 0.153. The minimum atomic E-state index is 0.251. The lowest BCUT2D eigenvalue weighted by Crippen LogP contribution is -2.00. The molecule has 0 nitrogen and oxygen atoms in total. The van der Waals surface area contributed by atoms with Crippen molar-refractivity contribution in [2.75, 3.05) is 0 Å². The second kappa shape index (κ2) is 13.9. The number of fused-ring (bicyclic) bond motifs is 20. The highest BCUT2D eigenvalue weighted by molar-refractivity contribution is 6.27. The van der Waals surface area contributed by atoms with Crippen molar-refractivity contribution in [3.63, 3.8) is 0 Å². The van der Waals surface area contributed by atoms with E-state index >= 15 is 0 Å². The summed E-state index contributed by atoms with van der Waals surface area (Å²) >= 11 is 0. The van der Waals surface area contributed by atoms with E-state index in [1.807, 2.05) is 0 Å². The zero-order valence-electron chi connectivity index (χ0n) is 34.1. The van der Waals surface area contributed by atoms with Crippen molar-refractivity contribution in [3.8, 4) is 22.3 Å². The molecule has 288 valence electrons. The van der Waals surface area contributed by atoms with E-state index < -0.39 is 0 Å². The lowest BCUT2D eigenvalue weighted by atomic mass is 9.84. The van der Waals surface area contributed by atoms with Gasteiger partial charge in [-0.05, 0) is 120 Å². The number of hydrogen-bond acceptors (Lipinski definition) is 0. The molecule has 0 saturated carbocycles. The maximum absolute atomic E-state index is 2.32. The minimum absolute atomic E-state index is 0.251. The first-order chi connectivity index (χ1) is 30.8. The van der Waals surface area contributed by atoms with Crippen molar-refractivity contribution in [1.29, 1.82) is 0 Å². The Balaban J connectivity index is 0.000000126. The van der Waals surface area contributed by atoms with Crippen LogP contribution in [-0.4, -0.2) is 0 Å². The molecule has 62 heavy (non-hydrogen) atoms. The monoisotopic (exact) mass is 784 g/mol. The molecule has 12 aromatic rings. The summed E-state index contributed by atoms with van der Waals surface area (Å²) in [5, 5.41) is 16.2. The van der Waals surface area contributed by atoms with Gasteiger partial charge in [-0.1, -0.05) is 231 Å². The van der Waals surface area contributed by atoms with E-state index in [-0.39, 0.29) is 11.8 Å². The third-order valence-electron chi connectivity index (χ3n) is 13.8. The maximum Gasteiger partial charge on any atom is 0.0358 e. The van der Waals surface area contributed by atoms with E-state index in [9.17, 15) is 0 Å². The van der Waals surface area contributed by atoms with E-state index in [2.05, 4.69) is 231 Å². The average molecular weight is 785 g/mol. The smallest absolute Gasteiger partial charge is 0.0358 e. The molecule has 2 aliphatic carbocycles. The molecule has 2 aliphatic rings. The standard InChI is InChI=1S/2C31H20/c2*1-2-11-21(12-3-1)28-25-16-8-9-17-26(25)31-29-22-13-5-4-10-20(22)18-19-27(29)23-14-6-7-15-24(23)30(28)31/h2*1-19,28H/t2*28-/m11/s1. The molecule has 0 spiro atoms. The third kappa shape index (κ3) is 5.08. The lowest BCUT2D eigenvalue weighted by molar-refractivity contribution is 1.03. The Bertz CT molecular complexity index is 3500. The molecule has 0 heteroatoms.